The van der Waals surface area contributed by atoms with E-state index in [1.54, 1.807) is 35.0 Å². The highest BCUT2D eigenvalue weighted by molar-refractivity contribution is 5.93. The molecule has 0 N–H and O–H groups in total. The largest absolute Gasteiger partial charge is 0.462 e. The van der Waals surface area contributed by atoms with Crippen LogP contribution in [0.4, 0.5) is 0 Å². The van der Waals surface area contributed by atoms with Gasteiger partial charge in [0.1, 0.15) is 5.82 Å². The fourth-order valence-electron chi connectivity index (χ4n) is 2.58. The monoisotopic (exact) mass is 325 g/mol. The lowest BCUT2D eigenvalue weighted by molar-refractivity contribution is 0.0496. The maximum atomic E-state index is 12.1. The van der Waals surface area contributed by atoms with Crippen LogP contribution in [0, 0.1) is 6.92 Å². The summed E-state index contributed by atoms with van der Waals surface area (Å²) in [6.07, 6.45) is 2.31. The van der Waals surface area contributed by atoms with E-state index in [0.29, 0.717) is 18.5 Å². The van der Waals surface area contributed by atoms with E-state index in [0.717, 1.165) is 16.9 Å². The number of esters is 1. The van der Waals surface area contributed by atoms with Gasteiger partial charge in [-0.05, 0) is 37.6 Å². The molecule has 3 rings (SSSR count). The number of hydrogen-bond acceptors (Lipinski definition) is 4. The summed E-state index contributed by atoms with van der Waals surface area (Å²) < 4.78 is 8.85. The van der Waals surface area contributed by atoms with Crippen molar-refractivity contribution in [3.05, 3.63) is 64.3 Å². The van der Waals surface area contributed by atoms with Crippen LogP contribution in [-0.4, -0.2) is 26.7 Å². The van der Waals surface area contributed by atoms with Crippen LogP contribution in [0.25, 0.3) is 11.0 Å². The summed E-state index contributed by atoms with van der Waals surface area (Å²) >= 11 is 0. The molecule has 6 nitrogen and oxygen atoms in total. The second-order valence-corrected chi connectivity index (χ2v) is 5.64. The third-order valence-corrected chi connectivity index (χ3v) is 4.02. The standard InChI is InChI=1S/C18H19N3O3/c1-13-19-15-12-14(7-8-16(15)20(13)2)18(23)24-11-5-10-21-9-4-3-6-17(21)22/h3-4,6-9,12H,5,10-11H2,1-2H3. The Labute approximate surface area is 139 Å². The molecule has 0 atom stereocenters. The Morgan fingerprint density at radius 1 is 1.25 bits per heavy atom. The van der Waals surface area contributed by atoms with Gasteiger partial charge >= 0.3 is 5.97 Å². The Morgan fingerprint density at radius 2 is 2.08 bits per heavy atom. The van der Waals surface area contributed by atoms with Crippen molar-refractivity contribution in [1.29, 1.82) is 0 Å². The summed E-state index contributed by atoms with van der Waals surface area (Å²) in [5.74, 6) is 0.518. The Kier molecular flexibility index (Phi) is 4.46. The van der Waals surface area contributed by atoms with Crippen LogP contribution in [0.2, 0.25) is 0 Å². The Morgan fingerprint density at radius 3 is 2.88 bits per heavy atom. The van der Waals surface area contributed by atoms with Crippen molar-refractivity contribution in [3.8, 4) is 0 Å². The van der Waals surface area contributed by atoms with Crippen LogP contribution in [0.5, 0.6) is 0 Å². The van der Waals surface area contributed by atoms with Gasteiger partial charge in [-0.3, -0.25) is 4.79 Å². The number of imidazole rings is 1. The van der Waals surface area contributed by atoms with Crippen molar-refractivity contribution in [1.82, 2.24) is 14.1 Å². The van der Waals surface area contributed by atoms with E-state index in [4.69, 9.17) is 4.74 Å². The van der Waals surface area contributed by atoms with E-state index in [2.05, 4.69) is 4.98 Å². The number of aromatic nitrogens is 3. The fraction of sp³-hybridized carbons (Fsp3) is 0.278. The first-order valence-electron chi connectivity index (χ1n) is 7.82. The Bertz CT molecular complexity index is 940. The predicted molar refractivity (Wildman–Crippen MR) is 91.1 cm³/mol. The normalized spacial score (nSPS) is 10.9. The number of carbonyl (C=O) groups excluding carboxylic acids is 1. The summed E-state index contributed by atoms with van der Waals surface area (Å²) in [5.41, 5.74) is 2.19. The topological polar surface area (TPSA) is 66.1 Å². The molecule has 24 heavy (non-hydrogen) atoms. The van der Waals surface area contributed by atoms with Crippen LogP contribution in [0.15, 0.2) is 47.4 Å². The molecule has 2 heterocycles. The maximum Gasteiger partial charge on any atom is 0.338 e. The van der Waals surface area contributed by atoms with Gasteiger partial charge in [0.05, 0.1) is 23.2 Å². The lowest BCUT2D eigenvalue weighted by Gasteiger charge is -2.07. The average molecular weight is 325 g/mol. The molecule has 0 amide bonds. The molecule has 0 radical (unpaired) electrons. The van der Waals surface area contributed by atoms with Crippen molar-refractivity contribution in [2.45, 2.75) is 19.9 Å². The average Bonchev–Trinajstić information content (AvgIpc) is 2.87. The van der Waals surface area contributed by atoms with Gasteiger partial charge < -0.3 is 13.9 Å². The number of ether oxygens (including phenoxy) is 1. The highest BCUT2D eigenvalue weighted by Crippen LogP contribution is 2.17. The second-order valence-electron chi connectivity index (χ2n) is 5.64. The van der Waals surface area contributed by atoms with Crippen molar-refractivity contribution < 1.29 is 9.53 Å². The van der Waals surface area contributed by atoms with E-state index in [-0.39, 0.29) is 18.1 Å². The van der Waals surface area contributed by atoms with E-state index in [9.17, 15) is 9.59 Å². The molecule has 6 heteroatoms. The molecule has 0 spiro atoms. The molecule has 0 bridgehead atoms. The van der Waals surface area contributed by atoms with Crippen LogP contribution in [0.3, 0.4) is 0 Å². The van der Waals surface area contributed by atoms with E-state index in [1.807, 2.05) is 24.6 Å². The molecule has 1 aromatic carbocycles. The first kappa shape index (κ1) is 16.0. The van der Waals surface area contributed by atoms with Gasteiger partial charge in [0.15, 0.2) is 0 Å². The molecular formula is C18H19N3O3. The summed E-state index contributed by atoms with van der Waals surface area (Å²) in [5, 5.41) is 0. The van der Waals surface area contributed by atoms with E-state index in [1.165, 1.54) is 6.07 Å². The van der Waals surface area contributed by atoms with E-state index < -0.39 is 0 Å². The Balaban J connectivity index is 1.59. The molecule has 0 aliphatic heterocycles. The fourth-order valence-corrected chi connectivity index (χ4v) is 2.58. The second kappa shape index (κ2) is 6.70. The number of nitrogens with zero attached hydrogens (tertiary/aromatic N) is 3. The van der Waals surface area contributed by atoms with Gasteiger partial charge in [-0.1, -0.05) is 6.07 Å². The molecule has 0 aliphatic rings. The third kappa shape index (κ3) is 3.22. The van der Waals surface area contributed by atoms with Crippen LogP contribution >= 0.6 is 0 Å². The van der Waals surface area contributed by atoms with Gasteiger partial charge in [-0.15, -0.1) is 0 Å². The van der Waals surface area contributed by atoms with Crippen molar-refractivity contribution in [2.75, 3.05) is 6.61 Å². The molecule has 0 unspecified atom stereocenters. The van der Waals surface area contributed by atoms with Crippen molar-refractivity contribution in [3.63, 3.8) is 0 Å². The zero-order chi connectivity index (χ0) is 17.1. The zero-order valence-electron chi connectivity index (χ0n) is 13.7. The number of benzene rings is 1. The molecule has 0 fully saturated rings. The first-order chi connectivity index (χ1) is 11.6. The summed E-state index contributed by atoms with van der Waals surface area (Å²) in [7, 11) is 1.94. The summed E-state index contributed by atoms with van der Waals surface area (Å²) in [4.78, 5) is 28.1. The minimum Gasteiger partial charge on any atom is -0.462 e. The number of fused-ring (bicyclic) bond motifs is 1. The van der Waals surface area contributed by atoms with Gasteiger partial charge in [0.2, 0.25) is 5.56 Å². The van der Waals surface area contributed by atoms with Gasteiger partial charge in [0, 0.05) is 25.9 Å². The first-order valence-corrected chi connectivity index (χ1v) is 7.82. The molecule has 124 valence electrons. The van der Waals surface area contributed by atoms with Crippen LogP contribution < -0.4 is 5.56 Å². The molecule has 0 aliphatic carbocycles. The number of carbonyl (C=O) groups is 1. The SMILES string of the molecule is Cc1nc2cc(C(=O)OCCCn3ccccc3=O)ccc2n1C. The number of hydrogen-bond donors (Lipinski definition) is 0. The van der Waals surface area contributed by atoms with Gasteiger partial charge in [-0.25, -0.2) is 9.78 Å². The van der Waals surface area contributed by atoms with Crippen LogP contribution in [0.1, 0.15) is 22.6 Å². The lowest BCUT2D eigenvalue weighted by Crippen LogP contribution is -2.19. The molecule has 3 aromatic rings. The van der Waals surface area contributed by atoms with Crippen molar-refractivity contribution in [2.24, 2.45) is 7.05 Å². The number of rotatable bonds is 5. The highest BCUT2D eigenvalue weighted by Gasteiger charge is 2.11. The van der Waals surface area contributed by atoms with Gasteiger partial charge in [0.25, 0.3) is 0 Å². The van der Waals surface area contributed by atoms with Crippen molar-refractivity contribution >= 4 is 17.0 Å². The molecular weight excluding hydrogens is 306 g/mol. The zero-order valence-corrected chi connectivity index (χ0v) is 13.7. The smallest absolute Gasteiger partial charge is 0.338 e. The Hall–Kier alpha value is -2.89. The highest BCUT2D eigenvalue weighted by atomic mass is 16.5. The molecule has 0 saturated carbocycles. The minimum atomic E-state index is -0.374. The van der Waals surface area contributed by atoms with E-state index >= 15 is 0 Å². The third-order valence-electron chi connectivity index (χ3n) is 4.02. The minimum absolute atomic E-state index is 0.0557. The maximum absolute atomic E-state index is 12.1. The predicted octanol–water partition coefficient (Wildman–Crippen LogP) is 2.29. The van der Waals surface area contributed by atoms with Gasteiger partial charge in [-0.2, -0.15) is 0 Å². The summed E-state index contributed by atoms with van der Waals surface area (Å²) in [6, 6.07) is 10.4. The molecule has 2 aromatic heterocycles. The summed E-state index contributed by atoms with van der Waals surface area (Å²) in [6.45, 7) is 2.70. The lowest BCUT2D eigenvalue weighted by atomic mass is 10.2. The number of aryl methyl sites for hydroxylation is 3. The molecule has 0 saturated heterocycles. The number of pyridine rings is 1. The quantitative estimate of drug-likeness (QED) is 0.533. The van der Waals surface area contributed by atoms with Crippen LogP contribution in [-0.2, 0) is 18.3 Å².